The van der Waals surface area contributed by atoms with Crippen LogP contribution in [0.1, 0.15) is 94.9 Å². The number of imidazole rings is 1. The van der Waals surface area contributed by atoms with Crippen LogP contribution < -0.4 is 11.1 Å². The zero-order valence-corrected chi connectivity index (χ0v) is 31.3. The minimum absolute atomic E-state index is 0.242. The number of nitrogen functional groups attached to an aromatic ring is 1. The second-order valence-corrected chi connectivity index (χ2v) is 26.6. The maximum atomic E-state index is 7.85. The lowest BCUT2D eigenvalue weighted by molar-refractivity contribution is -0.0600. The molecule has 4 atom stereocenters. The molecule has 0 amide bonds. The predicted octanol–water partition coefficient (Wildman–Crippen LogP) is 6.98. The van der Waals surface area contributed by atoms with Crippen molar-refractivity contribution in [2.24, 2.45) is 0 Å². The normalized spacial score (nSPS) is 26.0. The van der Waals surface area contributed by atoms with Crippen molar-refractivity contribution >= 4 is 34.1 Å². The Morgan fingerprint density at radius 3 is 2.02 bits per heavy atom. The highest BCUT2D eigenvalue weighted by Crippen LogP contribution is 2.62. The van der Waals surface area contributed by atoms with Gasteiger partial charge in [-0.25, -0.2) is 15.0 Å². The van der Waals surface area contributed by atoms with E-state index < -0.39 is 23.3 Å². The third-order valence-electron chi connectivity index (χ3n) is 9.38. The molecule has 5 rings (SSSR count). The van der Waals surface area contributed by atoms with Gasteiger partial charge in [0.2, 0.25) is 0 Å². The van der Waals surface area contributed by atoms with Crippen molar-refractivity contribution in [1.29, 1.82) is 0 Å². The number of hydrogen-bond donors (Lipinski definition) is 2. The minimum atomic E-state index is -3.19. The van der Waals surface area contributed by atoms with Gasteiger partial charge in [-0.3, -0.25) is 4.57 Å². The average molecular weight is 656 g/mol. The molecule has 0 saturated carbocycles. The molecule has 2 aliphatic heterocycles. The smallest absolute Gasteiger partial charge is 0.340 e. The fourth-order valence-corrected chi connectivity index (χ4v) is 21.8. The average Bonchev–Trinajstić information content (AvgIpc) is 3.47. The molecule has 3 aromatic rings. The lowest BCUT2D eigenvalue weighted by Gasteiger charge is -2.60. The molecule has 3 N–H and O–H groups in total. The summed E-state index contributed by atoms with van der Waals surface area (Å²) in [5, 5.41) is 2.76. The predicted molar refractivity (Wildman–Crippen MR) is 183 cm³/mol. The summed E-state index contributed by atoms with van der Waals surface area (Å²) >= 11 is 0. The van der Waals surface area contributed by atoms with Gasteiger partial charge in [0.25, 0.3) is 0 Å². The molecule has 1 aromatic carbocycles. The van der Waals surface area contributed by atoms with Gasteiger partial charge in [0.15, 0.2) is 17.7 Å². The standard InChI is InChI=1S/C33H54N6O4Si2/c1-30(2,3)44(31(4,5)6)40-19-23-26(42-45(43-44,32(7,8)9)33(10,11)12)24(35-18-22-16-14-13-15-17-22)29(41-23)39-21-38-25-27(34)36-20-37-28(25)39/h13-17,20-21,23-24,26,29,35H,18-19H2,1-12H3,(H2,34,36,37)/t23-,24-,26-,29-/m1/s1/i35+1. The van der Waals surface area contributed by atoms with E-state index in [1.165, 1.54) is 11.9 Å². The first-order chi connectivity index (χ1) is 20.7. The number of aromatic nitrogens is 4. The molecule has 0 unspecified atom stereocenters. The maximum absolute atomic E-state index is 7.85. The van der Waals surface area contributed by atoms with Crippen LogP contribution in [0.3, 0.4) is 0 Å². The summed E-state index contributed by atoms with van der Waals surface area (Å²) in [6, 6.07) is 10.1. The van der Waals surface area contributed by atoms with Crippen LogP contribution in [0, 0.1) is 0 Å². The largest absolute Gasteiger partial charge is 0.413 e. The summed E-state index contributed by atoms with van der Waals surface area (Å²) in [5.41, 5.74) is 8.54. The SMILES string of the molecule is CC(C)(C)[Si]1(C(C)(C)C)OC[C@H]2O[C@@H](n3cnc4c(N)ncnc43)[C@H]([15NH]Cc3ccccc3)[C@@H]2O[Si](C(C)(C)C)(C(C)(C)C)O1. The van der Waals surface area contributed by atoms with Gasteiger partial charge in [0.05, 0.1) is 25.1 Å². The first kappa shape index (κ1) is 34.1. The molecule has 0 radical (unpaired) electrons. The van der Waals surface area contributed by atoms with E-state index in [9.17, 15) is 0 Å². The molecule has 248 valence electrons. The number of rotatable bonds is 4. The number of hydrogen-bond acceptors (Lipinski definition) is 9. The zero-order valence-electron chi connectivity index (χ0n) is 29.3. The van der Waals surface area contributed by atoms with Crippen molar-refractivity contribution in [3.8, 4) is 0 Å². The van der Waals surface area contributed by atoms with Crippen LogP contribution in [0.5, 0.6) is 0 Å². The molecule has 4 heterocycles. The highest BCUT2D eigenvalue weighted by atomic mass is 28.5. The van der Waals surface area contributed by atoms with E-state index >= 15 is 0 Å². The third kappa shape index (κ3) is 5.81. The number of ether oxygens (including phenoxy) is 1. The summed E-state index contributed by atoms with van der Waals surface area (Å²) in [5.74, 6) is 0.336. The highest BCUT2D eigenvalue weighted by molar-refractivity contribution is 6.86. The van der Waals surface area contributed by atoms with Gasteiger partial charge >= 0.3 is 17.1 Å². The summed E-state index contributed by atoms with van der Waals surface area (Å²) in [6.45, 7) is 28.2. The van der Waals surface area contributed by atoms with Gasteiger partial charge < -0.3 is 28.8 Å². The molecular weight excluding hydrogens is 602 g/mol. The van der Waals surface area contributed by atoms with E-state index in [1.54, 1.807) is 6.33 Å². The maximum Gasteiger partial charge on any atom is 0.340 e. The first-order valence-corrected chi connectivity index (χ1v) is 19.7. The minimum Gasteiger partial charge on any atom is -0.413 e. The topological polar surface area (TPSA) is 119 Å². The molecule has 0 aliphatic carbocycles. The Balaban J connectivity index is 1.69. The molecule has 0 bridgehead atoms. The third-order valence-corrected chi connectivity index (χ3v) is 20.8. The number of nitrogens with zero attached hydrogens (tertiary/aromatic N) is 4. The molecule has 45 heavy (non-hydrogen) atoms. The van der Waals surface area contributed by atoms with Crippen molar-refractivity contribution in [3.63, 3.8) is 0 Å². The monoisotopic (exact) mass is 655 g/mol. The summed E-state index contributed by atoms with van der Waals surface area (Å²) in [7, 11) is -6.23. The molecule has 0 spiro atoms. The zero-order chi connectivity index (χ0) is 33.2. The van der Waals surface area contributed by atoms with Crippen molar-refractivity contribution in [3.05, 3.63) is 48.5 Å². The van der Waals surface area contributed by atoms with Gasteiger partial charge in [-0.2, -0.15) is 0 Å². The number of nitrogens with one attached hydrogen (secondary N) is 1. The summed E-state index contributed by atoms with van der Waals surface area (Å²) < 4.78 is 31.9. The van der Waals surface area contributed by atoms with E-state index in [2.05, 4.69) is 128 Å². The van der Waals surface area contributed by atoms with E-state index in [-0.39, 0.29) is 38.4 Å². The van der Waals surface area contributed by atoms with Crippen LogP contribution in [0.15, 0.2) is 43.0 Å². The molecule has 2 aliphatic rings. The van der Waals surface area contributed by atoms with Crippen LogP contribution in [0.4, 0.5) is 5.82 Å². The second-order valence-electron chi connectivity index (χ2n) is 16.8. The Hall–Kier alpha value is -2.20. The van der Waals surface area contributed by atoms with Crippen LogP contribution in [-0.4, -0.2) is 61.5 Å². The Morgan fingerprint density at radius 1 is 0.844 bits per heavy atom. The van der Waals surface area contributed by atoms with Gasteiger partial charge in [-0.15, -0.1) is 0 Å². The van der Waals surface area contributed by atoms with E-state index in [4.69, 9.17) is 23.4 Å². The van der Waals surface area contributed by atoms with Crippen molar-refractivity contribution in [2.45, 2.75) is 134 Å². The Bertz CT molecular complexity index is 1460. The van der Waals surface area contributed by atoms with Crippen molar-refractivity contribution in [1.82, 2.24) is 24.8 Å². The molecule has 2 fully saturated rings. The Morgan fingerprint density at radius 2 is 1.44 bits per heavy atom. The fourth-order valence-electron chi connectivity index (χ4n) is 7.66. The lowest BCUT2D eigenvalue weighted by Crippen LogP contribution is -2.72. The molecule has 12 heteroatoms. The molecule has 10 nitrogen and oxygen atoms in total. The molecular formula is C33H54N6O4Si2. The van der Waals surface area contributed by atoms with Crippen LogP contribution in [0.2, 0.25) is 20.2 Å². The Kier molecular flexibility index (Phi) is 8.72. The summed E-state index contributed by atoms with van der Waals surface area (Å²) in [4.78, 5) is 13.3. The van der Waals surface area contributed by atoms with Crippen LogP contribution in [-0.2, 0) is 24.2 Å². The van der Waals surface area contributed by atoms with E-state index in [0.29, 0.717) is 30.1 Å². The molecule has 2 aromatic heterocycles. The van der Waals surface area contributed by atoms with Crippen molar-refractivity contribution in [2.75, 3.05) is 12.3 Å². The quantitative estimate of drug-likeness (QED) is 0.227. The Labute approximate surface area is 271 Å². The van der Waals surface area contributed by atoms with Crippen LogP contribution >= 0.6 is 0 Å². The van der Waals surface area contributed by atoms with Gasteiger partial charge in [0, 0.05) is 26.7 Å². The molecule has 2 saturated heterocycles. The number of anilines is 1. The van der Waals surface area contributed by atoms with Crippen LogP contribution in [0.25, 0.3) is 11.2 Å². The van der Waals surface area contributed by atoms with E-state index in [0.717, 1.165) is 0 Å². The van der Waals surface area contributed by atoms with E-state index in [1.807, 2.05) is 10.6 Å². The summed E-state index contributed by atoms with van der Waals surface area (Å²) in [6.07, 6.45) is 1.99. The fraction of sp³-hybridized carbons (Fsp3) is 0.667. The number of fused-ring (bicyclic) bond motifs is 2. The highest BCUT2D eigenvalue weighted by Gasteiger charge is 2.71. The second kappa shape index (κ2) is 11.5. The van der Waals surface area contributed by atoms with Crippen molar-refractivity contribution < 1.29 is 17.7 Å². The van der Waals surface area contributed by atoms with Gasteiger partial charge in [-0.05, 0) is 5.56 Å². The first-order valence-electron chi connectivity index (χ1n) is 16.1. The van der Waals surface area contributed by atoms with Gasteiger partial charge in [0.1, 0.15) is 17.9 Å². The van der Waals surface area contributed by atoms with Gasteiger partial charge in [-0.1, -0.05) is 113 Å². The number of nitrogens with two attached hydrogens (primary N) is 1. The number of benzene rings is 1. The lowest BCUT2D eigenvalue weighted by atomic mass is 10.1.